The second-order valence-electron chi connectivity index (χ2n) is 5.91. The van der Waals surface area contributed by atoms with Crippen LogP contribution in [0.5, 0.6) is 11.5 Å². The summed E-state index contributed by atoms with van der Waals surface area (Å²) in [4.78, 5) is 12.2. The minimum atomic E-state index is -0.0911. The third-order valence-corrected chi connectivity index (χ3v) is 4.46. The van der Waals surface area contributed by atoms with Gasteiger partial charge in [0.2, 0.25) is 0 Å². The van der Waals surface area contributed by atoms with Crippen LogP contribution in [0.4, 0.5) is 0 Å². The Kier molecular flexibility index (Phi) is 6.08. The average molecular weight is 427 g/mol. The molecule has 0 unspecified atom stereocenters. The zero-order valence-electron chi connectivity index (χ0n) is 15.1. The van der Waals surface area contributed by atoms with Gasteiger partial charge in [-0.25, -0.2) is 0 Å². The molecule has 0 aliphatic rings. The van der Waals surface area contributed by atoms with Crippen molar-refractivity contribution in [2.75, 3.05) is 7.11 Å². The van der Waals surface area contributed by atoms with E-state index in [1.807, 2.05) is 42.5 Å². The zero-order chi connectivity index (χ0) is 19.2. The van der Waals surface area contributed by atoms with Crippen LogP contribution in [0.25, 0.3) is 6.08 Å². The molecule has 0 saturated carbocycles. The van der Waals surface area contributed by atoms with Gasteiger partial charge in [-0.05, 0) is 48.0 Å². The van der Waals surface area contributed by atoms with E-state index in [4.69, 9.17) is 9.47 Å². The summed E-state index contributed by atoms with van der Waals surface area (Å²) in [7, 11) is 3.40. The zero-order valence-corrected chi connectivity index (χ0v) is 16.6. The summed E-state index contributed by atoms with van der Waals surface area (Å²) in [6.45, 7) is 0.364. The van der Waals surface area contributed by atoms with Crippen LogP contribution in [0.1, 0.15) is 21.5 Å². The van der Waals surface area contributed by atoms with E-state index in [0.717, 1.165) is 27.1 Å². The number of ketones is 1. The molecule has 0 amide bonds. The molecule has 1 heterocycles. The van der Waals surface area contributed by atoms with Crippen LogP contribution in [0, 0.1) is 0 Å². The summed E-state index contributed by atoms with van der Waals surface area (Å²) in [6, 6.07) is 13.4. The van der Waals surface area contributed by atoms with Crippen LogP contribution < -0.4 is 9.47 Å². The summed E-state index contributed by atoms with van der Waals surface area (Å²) >= 11 is 3.40. The van der Waals surface area contributed by atoms with E-state index in [0.29, 0.717) is 12.2 Å². The van der Waals surface area contributed by atoms with E-state index in [9.17, 15) is 4.79 Å². The molecule has 0 N–H and O–H groups in total. The third-order valence-electron chi connectivity index (χ3n) is 3.93. The van der Waals surface area contributed by atoms with E-state index < -0.39 is 0 Å². The molecule has 0 aliphatic carbocycles. The number of hydrogen-bond donors (Lipinski definition) is 0. The second kappa shape index (κ2) is 8.68. The first-order valence-corrected chi connectivity index (χ1v) is 9.11. The number of ether oxygens (including phenoxy) is 2. The summed E-state index contributed by atoms with van der Waals surface area (Å²) in [5, 5.41) is 4.01. The van der Waals surface area contributed by atoms with Gasteiger partial charge in [-0.1, -0.05) is 28.1 Å². The molecular weight excluding hydrogens is 408 g/mol. The van der Waals surface area contributed by atoms with Gasteiger partial charge in [0, 0.05) is 23.3 Å². The van der Waals surface area contributed by atoms with Crippen LogP contribution >= 0.6 is 15.9 Å². The molecular formula is C21H19BrN2O3. The lowest BCUT2D eigenvalue weighted by molar-refractivity contribution is 0.104. The number of nitrogens with zero attached hydrogens (tertiary/aromatic N) is 2. The Morgan fingerprint density at radius 1 is 1.22 bits per heavy atom. The molecule has 138 valence electrons. The topological polar surface area (TPSA) is 53.3 Å². The van der Waals surface area contributed by atoms with Crippen LogP contribution in [0.2, 0.25) is 0 Å². The Balaban J connectivity index is 1.73. The lowest BCUT2D eigenvalue weighted by Crippen LogP contribution is -1.99. The van der Waals surface area contributed by atoms with Crippen LogP contribution in [-0.4, -0.2) is 22.7 Å². The van der Waals surface area contributed by atoms with E-state index in [-0.39, 0.29) is 5.78 Å². The highest BCUT2D eigenvalue weighted by molar-refractivity contribution is 9.10. The number of aromatic nitrogens is 2. The number of carbonyl (C=O) groups excluding carboxylic acids is 1. The predicted molar refractivity (Wildman–Crippen MR) is 108 cm³/mol. The SMILES string of the molecule is COc1ccc(C=CC(=O)c2cnn(C)c2)cc1COc1ccc(Br)cc1. The number of benzene rings is 2. The van der Waals surface area contributed by atoms with Crippen LogP contribution in [0.15, 0.2) is 65.4 Å². The molecule has 3 aromatic rings. The van der Waals surface area contributed by atoms with E-state index in [1.165, 1.54) is 6.08 Å². The summed E-state index contributed by atoms with van der Waals surface area (Å²) in [6.07, 6.45) is 6.56. The Morgan fingerprint density at radius 2 is 2.00 bits per heavy atom. The highest BCUT2D eigenvalue weighted by atomic mass is 79.9. The van der Waals surface area contributed by atoms with Crippen molar-refractivity contribution >= 4 is 27.8 Å². The number of rotatable bonds is 7. The maximum Gasteiger partial charge on any atom is 0.189 e. The van der Waals surface area contributed by atoms with Crippen molar-refractivity contribution in [3.63, 3.8) is 0 Å². The number of methoxy groups -OCH3 is 1. The van der Waals surface area contributed by atoms with Crippen molar-refractivity contribution in [2.24, 2.45) is 7.05 Å². The Bertz CT molecular complexity index is 962. The van der Waals surface area contributed by atoms with Gasteiger partial charge in [-0.2, -0.15) is 5.10 Å². The van der Waals surface area contributed by atoms with Crippen LogP contribution in [0.3, 0.4) is 0 Å². The number of halogens is 1. The summed E-state index contributed by atoms with van der Waals surface area (Å²) < 4.78 is 13.9. The van der Waals surface area contributed by atoms with Gasteiger partial charge >= 0.3 is 0 Å². The van der Waals surface area contributed by atoms with Crippen molar-refractivity contribution in [1.29, 1.82) is 0 Å². The van der Waals surface area contributed by atoms with Crippen molar-refractivity contribution in [2.45, 2.75) is 6.61 Å². The predicted octanol–water partition coefficient (Wildman–Crippen LogP) is 4.67. The average Bonchev–Trinajstić information content (AvgIpc) is 3.12. The van der Waals surface area contributed by atoms with E-state index >= 15 is 0 Å². The lowest BCUT2D eigenvalue weighted by Gasteiger charge is -2.11. The molecule has 0 bridgehead atoms. The largest absolute Gasteiger partial charge is 0.496 e. The van der Waals surface area contributed by atoms with Crippen molar-refractivity contribution < 1.29 is 14.3 Å². The van der Waals surface area contributed by atoms with E-state index in [1.54, 1.807) is 37.3 Å². The minimum Gasteiger partial charge on any atom is -0.496 e. The fourth-order valence-electron chi connectivity index (χ4n) is 2.52. The fraction of sp³-hybridized carbons (Fsp3) is 0.143. The standard InChI is InChI=1S/C21H19BrN2O3/c1-24-13-17(12-23-24)20(25)9-3-15-4-10-21(26-2)16(11-15)14-27-19-7-5-18(22)6-8-19/h3-13H,14H2,1-2H3. The van der Waals surface area contributed by atoms with Crippen molar-refractivity contribution in [3.05, 3.63) is 82.1 Å². The Morgan fingerprint density at radius 3 is 2.67 bits per heavy atom. The molecule has 2 aromatic carbocycles. The first kappa shape index (κ1) is 18.9. The third kappa shape index (κ3) is 5.08. The highest BCUT2D eigenvalue weighted by Gasteiger charge is 2.07. The molecule has 0 atom stereocenters. The van der Waals surface area contributed by atoms with Crippen LogP contribution in [-0.2, 0) is 13.7 Å². The van der Waals surface area contributed by atoms with Crippen molar-refractivity contribution in [3.8, 4) is 11.5 Å². The highest BCUT2D eigenvalue weighted by Crippen LogP contribution is 2.24. The molecule has 0 saturated heterocycles. The second-order valence-corrected chi connectivity index (χ2v) is 6.83. The van der Waals surface area contributed by atoms with Gasteiger partial charge in [0.1, 0.15) is 18.1 Å². The number of carbonyl (C=O) groups is 1. The fourth-order valence-corrected chi connectivity index (χ4v) is 2.79. The molecule has 0 spiro atoms. The first-order valence-electron chi connectivity index (χ1n) is 8.31. The minimum absolute atomic E-state index is 0.0911. The molecule has 3 rings (SSSR count). The molecule has 1 aromatic heterocycles. The van der Waals surface area contributed by atoms with Gasteiger partial charge in [-0.15, -0.1) is 0 Å². The van der Waals surface area contributed by atoms with Crippen molar-refractivity contribution in [1.82, 2.24) is 9.78 Å². The lowest BCUT2D eigenvalue weighted by atomic mass is 10.1. The normalized spacial score (nSPS) is 10.9. The Labute approximate surface area is 166 Å². The molecule has 5 nitrogen and oxygen atoms in total. The molecule has 0 aliphatic heterocycles. The number of hydrogen-bond acceptors (Lipinski definition) is 4. The van der Waals surface area contributed by atoms with Gasteiger partial charge in [0.15, 0.2) is 5.78 Å². The molecule has 27 heavy (non-hydrogen) atoms. The van der Waals surface area contributed by atoms with Gasteiger partial charge in [0.25, 0.3) is 0 Å². The summed E-state index contributed by atoms with van der Waals surface area (Å²) in [5.41, 5.74) is 2.35. The monoisotopic (exact) mass is 426 g/mol. The van der Waals surface area contributed by atoms with E-state index in [2.05, 4.69) is 21.0 Å². The molecule has 6 heteroatoms. The molecule has 0 fully saturated rings. The first-order chi connectivity index (χ1) is 13.0. The maximum absolute atomic E-state index is 12.2. The smallest absolute Gasteiger partial charge is 0.189 e. The molecule has 0 radical (unpaired) electrons. The van der Waals surface area contributed by atoms with Gasteiger partial charge < -0.3 is 9.47 Å². The quantitative estimate of drug-likeness (QED) is 0.406. The summed E-state index contributed by atoms with van der Waals surface area (Å²) in [5.74, 6) is 1.42. The Hall–Kier alpha value is -2.86. The van der Waals surface area contributed by atoms with Gasteiger partial charge in [-0.3, -0.25) is 9.48 Å². The number of allylic oxidation sites excluding steroid dienone is 1. The number of aryl methyl sites for hydroxylation is 1. The maximum atomic E-state index is 12.2. The van der Waals surface area contributed by atoms with Gasteiger partial charge in [0.05, 0.1) is 18.9 Å².